The number of amides is 1. The number of carbonyl (C=O) groups is 2. The fraction of sp³-hybridized carbons (Fsp3) is 0.407. The highest BCUT2D eigenvalue weighted by Gasteiger charge is 2.27. The van der Waals surface area contributed by atoms with Crippen molar-refractivity contribution in [1.29, 1.82) is 5.26 Å². The number of likely N-dealkylation sites (tertiary alicyclic amines) is 1. The third-order valence-electron chi connectivity index (χ3n) is 5.84. The summed E-state index contributed by atoms with van der Waals surface area (Å²) in [6.45, 7) is 6.51. The number of ether oxygens (including phenoxy) is 3. The zero-order valence-electron chi connectivity index (χ0n) is 21.1. The highest BCUT2D eigenvalue weighted by atomic mass is 16.6. The van der Waals surface area contributed by atoms with Crippen molar-refractivity contribution in [2.24, 2.45) is 0 Å². The maximum absolute atomic E-state index is 12.2. The normalized spacial score (nSPS) is 14.3. The van der Waals surface area contributed by atoms with Gasteiger partial charge in [-0.15, -0.1) is 0 Å². The highest BCUT2D eigenvalue weighted by Crippen LogP contribution is 2.24. The van der Waals surface area contributed by atoms with E-state index >= 15 is 0 Å². The minimum absolute atomic E-state index is 0.000294. The number of rotatable bonds is 7. The molecule has 1 N–H and O–H groups in total. The second-order valence-corrected chi connectivity index (χ2v) is 9.87. The van der Waals surface area contributed by atoms with E-state index in [9.17, 15) is 14.7 Å². The number of nitrogens with zero attached hydrogens (tertiary/aromatic N) is 4. The minimum atomic E-state index is -0.997. The molecule has 0 spiro atoms. The lowest BCUT2D eigenvalue weighted by Gasteiger charge is -2.33. The molecule has 1 amide bonds. The summed E-state index contributed by atoms with van der Waals surface area (Å²) in [6, 6.07) is 14.2. The van der Waals surface area contributed by atoms with Crippen LogP contribution in [0.4, 0.5) is 4.79 Å². The van der Waals surface area contributed by atoms with E-state index in [0.717, 1.165) is 0 Å². The van der Waals surface area contributed by atoms with Crippen molar-refractivity contribution < 1.29 is 28.9 Å². The zero-order valence-corrected chi connectivity index (χ0v) is 21.1. The molecule has 0 saturated carbocycles. The predicted molar refractivity (Wildman–Crippen MR) is 134 cm³/mol. The summed E-state index contributed by atoms with van der Waals surface area (Å²) >= 11 is 0. The van der Waals surface area contributed by atoms with E-state index in [-0.39, 0.29) is 25.3 Å². The Morgan fingerprint density at radius 1 is 1.11 bits per heavy atom. The van der Waals surface area contributed by atoms with Gasteiger partial charge in [-0.05, 0) is 63.2 Å². The summed E-state index contributed by atoms with van der Waals surface area (Å²) < 4.78 is 19.0. The van der Waals surface area contributed by atoms with E-state index in [1.54, 1.807) is 39.8 Å². The molecule has 4 rings (SSSR count). The van der Waals surface area contributed by atoms with Gasteiger partial charge >= 0.3 is 12.1 Å². The molecule has 10 nitrogen and oxygen atoms in total. The van der Waals surface area contributed by atoms with E-state index in [1.807, 2.05) is 32.9 Å². The van der Waals surface area contributed by atoms with Gasteiger partial charge in [0.05, 0.1) is 22.7 Å². The Kier molecular flexibility index (Phi) is 7.53. The van der Waals surface area contributed by atoms with Crippen molar-refractivity contribution in [2.75, 3.05) is 13.1 Å². The van der Waals surface area contributed by atoms with E-state index in [4.69, 9.17) is 19.5 Å². The highest BCUT2D eigenvalue weighted by molar-refractivity contribution is 5.79. The van der Waals surface area contributed by atoms with Crippen LogP contribution < -0.4 is 9.47 Å². The van der Waals surface area contributed by atoms with Gasteiger partial charge in [-0.1, -0.05) is 0 Å². The number of aromatic nitrogens is 2. The molecule has 1 fully saturated rings. The first kappa shape index (κ1) is 25.8. The number of fused-ring (bicyclic) bond motifs is 1. The van der Waals surface area contributed by atoms with Crippen LogP contribution in [0, 0.1) is 11.3 Å². The number of hydrogen-bond donors (Lipinski definition) is 1. The van der Waals surface area contributed by atoms with Crippen LogP contribution in [0.15, 0.2) is 42.5 Å². The Hall–Kier alpha value is -4.26. The molecule has 194 valence electrons. The van der Waals surface area contributed by atoms with Gasteiger partial charge in [0, 0.05) is 25.9 Å². The molecule has 37 heavy (non-hydrogen) atoms. The van der Waals surface area contributed by atoms with Gasteiger partial charge in [0.15, 0.2) is 0 Å². The molecule has 1 saturated heterocycles. The Labute approximate surface area is 215 Å². The molecule has 0 atom stereocenters. The van der Waals surface area contributed by atoms with Gasteiger partial charge in [-0.3, -0.25) is 4.79 Å². The number of carboxylic acids is 1. The van der Waals surface area contributed by atoms with Crippen molar-refractivity contribution in [3.8, 4) is 17.6 Å². The van der Waals surface area contributed by atoms with Gasteiger partial charge in [0.2, 0.25) is 0 Å². The quantitative estimate of drug-likeness (QED) is 0.501. The molecular formula is C27H30N4O6. The van der Waals surface area contributed by atoms with Gasteiger partial charge in [0.1, 0.15) is 42.2 Å². The predicted octanol–water partition coefficient (Wildman–Crippen LogP) is 4.35. The zero-order chi connectivity index (χ0) is 26.6. The number of piperidine rings is 1. The lowest BCUT2D eigenvalue weighted by atomic mass is 10.1. The van der Waals surface area contributed by atoms with Crippen LogP contribution in [-0.2, 0) is 22.7 Å². The van der Waals surface area contributed by atoms with Crippen molar-refractivity contribution in [2.45, 2.75) is 58.5 Å². The smallest absolute Gasteiger partial charge is 0.410 e. The van der Waals surface area contributed by atoms with Crippen molar-refractivity contribution in [3.05, 3.63) is 53.9 Å². The van der Waals surface area contributed by atoms with Crippen LogP contribution >= 0.6 is 0 Å². The van der Waals surface area contributed by atoms with Gasteiger partial charge in [-0.2, -0.15) is 5.26 Å². The van der Waals surface area contributed by atoms with Crippen LogP contribution in [0.2, 0.25) is 0 Å². The SMILES string of the molecule is CC(C)(C)OC(=O)N1CCC(Oc2ccc(OCc3nc4cc(C#N)ccc4n3CC(=O)O)cc2)CC1. The first-order valence-electron chi connectivity index (χ1n) is 12.1. The molecule has 1 aromatic heterocycles. The number of carbonyl (C=O) groups excluding carboxylic acids is 1. The maximum atomic E-state index is 12.2. The molecule has 0 radical (unpaired) electrons. The van der Waals surface area contributed by atoms with E-state index in [2.05, 4.69) is 11.1 Å². The fourth-order valence-electron chi connectivity index (χ4n) is 4.11. The number of nitriles is 1. The van der Waals surface area contributed by atoms with E-state index in [0.29, 0.717) is 59.9 Å². The molecule has 2 aromatic carbocycles. The Morgan fingerprint density at radius 2 is 1.78 bits per heavy atom. The second-order valence-electron chi connectivity index (χ2n) is 9.87. The standard InChI is InChI=1S/C27H30N4O6/c1-27(2,3)37-26(34)30-12-10-21(11-13-30)36-20-7-5-19(6-8-20)35-17-24-29-22-14-18(15-28)4-9-23(22)31(24)16-25(32)33/h4-9,14,21H,10-13,16-17H2,1-3H3,(H,32,33). The fourth-order valence-corrected chi connectivity index (χ4v) is 4.11. The summed E-state index contributed by atoms with van der Waals surface area (Å²) in [6.07, 6.45) is 1.13. The molecule has 2 heterocycles. The van der Waals surface area contributed by atoms with E-state index in [1.165, 1.54) is 0 Å². The summed E-state index contributed by atoms with van der Waals surface area (Å²) in [5.74, 6) is 0.733. The average molecular weight is 507 g/mol. The van der Waals surface area contributed by atoms with Crippen LogP contribution in [-0.4, -0.2) is 56.4 Å². The maximum Gasteiger partial charge on any atom is 0.410 e. The minimum Gasteiger partial charge on any atom is -0.490 e. The van der Waals surface area contributed by atoms with Crippen LogP contribution in [0.1, 0.15) is 45.0 Å². The van der Waals surface area contributed by atoms with Crippen LogP contribution in [0.5, 0.6) is 11.5 Å². The molecule has 3 aromatic rings. The topological polar surface area (TPSA) is 127 Å². The summed E-state index contributed by atoms with van der Waals surface area (Å²) in [7, 11) is 0. The lowest BCUT2D eigenvalue weighted by Crippen LogP contribution is -2.44. The summed E-state index contributed by atoms with van der Waals surface area (Å²) in [5.41, 5.74) is 1.10. The number of benzene rings is 2. The summed E-state index contributed by atoms with van der Waals surface area (Å²) in [4.78, 5) is 29.8. The van der Waals surface area contributed by atoms with Gasteiger partial charge in [0.25, 0.3) is 0 Å². The number of hydrogen-bond acceptors (Lipinski definition) is 7. The second kappa shape index (κ2) is 10.8. The number of carboxylic acid groups (broad SMARTS) is 1. The van der Waals surface area contributed by atoms with Crippen LogP contribution in [0.25, 0.3) is 11.0 Å². The molecule has 0 bridgehead atoms. The van der Waals surface area contributed by atoms with Crippen molar-refractivity contribution in [3.63, 3.8) is 0 Å². The van der Waals surface area contributed by atoms with Crippen LogP contribution in [0.3, 0.4) is 0 Å². The third kappa shape index (κ3) is 6.70. The van der Waals surface area contributed by atoms with Gasteiger partial charge in [-0.25, -0.2) is 9.78 Å². The Bertz CT molecular complexity index is 1310. The Morgan fingerprint density at radius 3 is 2.41 bits per heavy atom. The van der Waals surface area contributed by atoms with E-state index < -0.39 is 11.6 Å². The molecule has 0 aliphatic carbocycles. The first-order valence-corrected chi connectivity index (χ1v) is 12.1. The monoisotopic (exact) mass is 506 g/mol. The Balaban J connectivity index is 1.33. The largest absolute Gasteiger partial charge is 0.490 e. The van der Waals surface area contributed by atoms with Gasteiger partial charge < -0.3 is 28.8 Å². The lowest BCUT2D eigenvalue weighted by molar-refractivity contribution is -0.137. The molecular weight excluding hydrogens is 476 g/mol. The molecule has 1 aliphatic heterocycles. The number of aliphatic carboxylic acids is 1. The average Bonchev–Trinajstić information content (AvgIpc) is 3.18. The molecule has 1 aliphatic rings. The molecule has 10 heteroatoms. The first-order chi connectivity index (χ1) is 17.6. The number of imidazole rings is 1. The van der Waals surface area contributed by atoms with Crippen molar-refractivity contribution >= 4 is 23.1 Å². The molecule has 0 unspecified atom stereocenters. The third-order valence-corrected chi connectivity index (χ3v) is 5.84. The summed E-state index contributed by atoms with van der Waals surface area (Å²) in [5, 5.41) is 18.5. The van der Waals surface area contributed by atoms with Crippen molar-refractivity contribution in [1.82, 2.24) is 14.5 Å².